The minimum absolute atomic E-state index is 0.109. The van der Waals surface area contributed by atoms with Gasteiger partial charge in [-0.2, -0.15) is 0 Å². The Morgan fingerprint density at radius 2 is 1.15 bits per heavy atom. The molecule has 0 amide bonds. The molecule has 3 aliphatic carbocycles. The fourth-order valence-electron chi connectivity index (χ4n) is 9.58. The van der Waals surface area contributed by atoms with Crippen LogP contribution in [0, 0.1) is 0 Å². The van der Waals surface area contributed by atoms with Crippen LogP contribution in [0.2, 0.25) is 0 Å². The van der Waals surface area contributed by atoms with Crippen LogP contribution in [0.1, 0.15) is 67.4 Å². The van der Waals surface area contributed by atoms with Crippen molar-refractivity contribution >= 4 is 23.5 Å². The van der Waals surface area contributed by atoms with Gasteiger partial charge in [0, 0.05) is 29.4 Å². The third-order valence-electron chi connectivity index (χ3n) is 10.7. The van der Waals surface area contributed by atoms with E-state index in [0.717, 1.165) is 24.6 Å². The van der Waals surface area contributed by atoms with Gasteiger partial charge >= 0.3 is 17.2 Å². The van der Waals surface area contributed by atoms with Gasteiger partial charge in [-0.15, -0.1) is 23.5 Å². The molecule has 4 aliphatic heterocycles. The molecule has 7 aliphatic rings. The lowest BCUT2D eigenvalue weighted by molar-refractivity contribution is -0.937. The lowest BCUT2D eigenvalue weighted by atomic mass is 9.67. The molecule has 4 aromatic carbocycles. The van der Waals surface area contributed by atoms with Crippen molar-refractivity contribution in [3.8, 4) is 11.1 Å². The maximum atomic E-state index is 5.20. The van der Waals surface area contributed by atoms with E-state index < -0.39 is 11.3 Å². The molecular formula is C33H22N6S2+2. The first-order chi connectivity index (χ1) is 20.3. The minimum atomic E-state index is -0.563. The SMILES string of the molecule is c1cc2c3c(c1)SCNC31c3c(ccc4c3C3c5c-4ccc4c5C5(NCSc6cccc(c65)C4)[n+]4ncn[n+]1c43)C2. The number of nitrogens with zero attached hydrogens (tertiary/aromatic N) is 4. The largest absolute Gasteiger partial charge is 0.485 e. The van der Waals surface area contributed by atoms with Crippen LogP contribution in [0.5, 0.6) is 0 Å². The monoisotopic (exact) mass is 566 g/mol. The summed E-state index contributed by atoms with van der Waals surface area (Å²) in [6.45, 7) is 0. The van der Waals surface area contributed by atoms with E-state index in [-0.39, 0.29) is 5.92 Å². The molecule has 5 heterocycles. The van der Waals surface area contributed by atoms with Crippen molar-refractivity contribution in [3.63, 3.8) is 0 Å². The van der Waals surface area contributed by atoms with Crippen LogP contribution >= 0.6 is 23.5 Å². The highest BCUT2D eigenvalue weighted by atomic mass is 32.2. The molecule has 2 N–H and O–H groups in total. The van der Waals surface area contributed by atoms with E-state index in [1.54, 1.807) is 6.33 Å². The predicted octanol–water partition coefficient (Wildman–Crippen LogP) is 3.45. The normalized spacial score (nSPS) is 26.7. The predicted molar refractivity (Wildman–Crippen MR) is 154 cm³/mol. The van der Waals surface area contributed by atoms with Crippen molar-refractivity contribution in [3.05, 3.63) is 128 Å². The van der Waals surface area contributed by atoms with Gasteiger partial charge in [-0.05, 0) is 69.5 Å². The van der Waals surface area contributed by atoms with Gasteiger partial charge in [-0.1, -0.05) is 48.5 Å². The number of nitrogens with one attached hydrogen (secondary N) is 2. The van der Waals surface area contributed by atoms with Gasteiger partial charge in [0.15, 0.2) is 5.92 Å². The molecule has 5 aromatic rings. The van der Waals surface area contributed by atoms with Gasteiger partial charge in [0.25, 0.3) is 0 Å². The summed E-state index contributed by atoms with van der Waals surface area (Å²) in [6, 6.07) is 23.3. The second-order valence-electron chi connectivity index (χ2n) is 12.2. The van der Waals surface area contributed by atoms with Crippen molar-refractivity contribution in [2.24, 2.45) is 0 Å². The molecule has 6 nitrogen and oxygen atoms in total. The van der Waals surface area contributed by atoms with Crippen molar-refractivity contribution in [1.82, 2.24) is 20.8 Å². The van der Waals surface area contributed by atoms with Crippen LogP contribution in [-0.4, -0.2) is 22.0 Å². The highest BCUT2D eigenvalue weighted by Gasteiger charge is 2.72. The maximum Gasteiger partial charge on any atom is 0.485 e. The lowest BCUT2D eigenvalue weighted by Crippen LogP contribution is -2.83. The first-order valence-electron chi connectivity index (χ1n) is 14.3. The molecule has 194 valence electrons. The molecule has 0 saturated heterocycles. The van der Waals surface area contributed by atoms with Gasteiger partial charge in [0.2, 0.25) is 6.33 Å². The molecule has 2 atom stereocenters. The average molecular weight is 567 g/mol. The first kappa shape index (κ1) is 21.2. The molecule has 8 heteroatoms. The number of fused-ring (bicyclic) bond motifs is 1. The van der Waals surface area contributed by atoms with Crippen LogP contribution in [0.25, 0.3) is 11.1 Å². The minimum Gasteiger partial charge on any atom is -0.236 e. The Morgan fingerprint density at radius 1 is 0.634 bits per heavy atom. The van der Waals surface area contributed by atoms with E-state index in [1.807, 2.05) is 23.5 Å². The van der Waals surface area contributed by atoms with Crippen molar-refractivity contribution < 1.29 is 9.36 Å². The Labute approximate surface area is 244 Å². The second-order valence-corrected chi connectivity index (χ2v) is 14.2. The zero-order chi connectivity index (χ0) is 26.2. The number of thioether (sulfide) groups is 2. The Bertz CT molecular complexity index is 2010. The number of benzene rings is 4. The smallest absolute Gasteiger partial charge is 0.236 e. The van der Waals surface area contributed by atoms with Gasteiger partial charge in [-0.25, -0.2) is 10.6 Å². The topological polar surface area (TPSA) is 57.6 Å². The van der Waals surface area contributed by atoms with Gasteiger partial charge in [0.05, 0.1) is 34.0 Å². The van der Waals surface area contributed by atoms with Gasteiger partial charge in [-0.3, -0.25) is 0 Å². The van der Waals surface area contributed by atoms with E-state index in [4.69, 9.17) is 10.2 Å². The van der Waals surface area contributed by atoms with Gasteiger partial charge < -0.3 is 0 Å². The van der Waals surface area contributed by atoms with Crippen molar-refractivity contribution in [1.29, 1.82) is 0 Å². The summed E-state index contributed by atoms with van der Waals surface area (Å²) in [6.07, 6.45) is 3.71. The third-order valence-corrected chi connectivity index (χ3v) is 12.6. The second kappa shape index (κ2) is 6.57. The molecule has 2 spiro atoms. The summed E-state index contributed by atoms with van der Waals surface area (Å²) in [4.78, 5) is 2.72. The van der Waals surface area contributed by atoms with Crippen LogP contribution in [0.3, 0.4) is 0 Å². The van der Waals surface area contributed by atoms with E-state index in [9.17, 15) is 0 Å². The molecule has 0 radical (unpaired) electrons. The van der Waals surface area contributed by atoms with E-state index in [1.165, 1.54) is 82.4 Å². The van der Waals surface area contributed by atoms with E-state index in [0.29, 0.717) is 0 Å². The zero-order valence-electron chi connectivity index (χ0n) is 21.9. The van der Waals surface area contributed by atoms with Crippen LogP contribution in [0.15, 0.2) is 76.8 Å². The number of hydrogen-bond acceptors (Lipinski definition) is 6. The molecule has 0 bridgehead atoms. The van der Waals surface area contributed by atoms with E-state index in [2.05, 4.69) is 80.7 Å². The summed E-state index contributed by atoms with van der Waals surface area (Å²) in [5, 5.41) is 18.5. The summed E-state index contributed by atoms with van der Waals surface area (Å²) in [5.41, 5.74) is 15.8. The number of rotatable bonds is 0. The summed E-state index contributed by atoms with van der Waals surface area (Å²) in [7, 11) is 0. The highest BCUT2D eigenvalue weighted by Crippen LogP contribution is 2.62. The summed E-state index contributed by atoms with van der Waals surface area (Å²) < 4.78 is 4.70. The standard InChI is InChI=1S/C33H22N6S2/c1-3-16-11-18-7-9-20-21-10-8-19-12-17-4-2-6-23-28(17)33(35-15-41-23)30(19)25(21)26-24(20)29(18)32(27(16)22(5-1)40-14-34-32)38-31(26)39(33)37-13-36-38/h1-10,13,26,34-35H,11-12,14-15H2/q+2. The van der Waals surface area contributed by atoms with Crippen molar-refractivity contribution in [2.75, 3.05) is 11.8 Å². The Kier molecular flexibility index (Phi) is 3.40. The lowest BCUT2D eigenvalue weighted by Gasteiger charge is -2.45. The molecule has 0 fully saturated rings. The molecule has 2 unspecified atom stereocenters. The molecular weight excluding hydrogens is 545 g/mol. The zero-order valence-corrected chi connectivity index (χ0v) is 23.5. The summed E-state index contributed by atoms with van der Waals surface area (Å²) >= 11 is 3.81. The third kappa shape index (κ3) is 2.02. The first-order valence-corrected chi connectivity index (χ1v) is 16.3. The van der Waals surface area contributed by atoms with Crippen LogP contribution in [-0.2, 0) is 24.2 Å². The fourth-order valence-corrected chi connectivity index (χ4v) is 11.6. The van der Waals surface area contributed by atoms with Gasteiger partial charge in [0.1, 0.15) is 0 Å². The summed E-state index contributed by atoms with van der Waals surface area (Å²) in [5.74, 6) is 2.94. The molecule has 1 aromatic heterocycles. The van der Waals surface area contributed by atoms with Crippen LogP contribution < -0.4 is 20.0 Å². The Balaban J connectivity index is 1.34. The Hall–Kier alpha value is -3.56. The van der Waals surface area contributed by atoms with E-state index >= 15 is 0 Å². The average Bonchev–Trinajstić information content (AvgIpc) is 3.35. The molecule has 0 saturated carbocycles. The fraction of sp³-hybridized carbons (Fsp3) is 0.212. The maximum absolute atomic E-state index is 5.20. The number of hydrogen-bond donors (Lipinski definition) is 2. The Morgan fingerprint density at radius 3 is 1.68 bits per heavy atom. The molecule has 12 rings (SSSR count). The van der Waals surface area contributed by atoms with Crippen LogP contribution in [0.4, 0.5) is 0 Å². The van der Waals surface area contributed by atoms with Crippen molar-refractivity contribution in [2.45, 2.75) is 39.9 Å². The molecule has 41 heavy (non-hydrogen) atoms. The number of aromatic nitrogens is 4. The quantitative estimate of drug-likeness (QED) is 0.275. The highest BCUT2D eigenvalue weighted by molar-refractivity contribution is 7.99.